The molecule has 0 aliphatic carbocycles. The van der Waals surface area contributed by atoms with Crippen molar-refractivity contribution in [3.63, 3.8) is 0 Å². The molecule has 7 heteroatoms. The second-order valence-corrected chi connectivity index (χ2v) is 7.05. The van der Waals surface area contributed by atoms with Gasteiger partial charge in [0.15, 0.2) is 0 Å². The summed E-state index contributed by atoms with van der Waals surface area (Å²) in [5, 5.41) is 1.97. The van der Waals surface area contributed by atoms with Crippen LogP contribution in [0.3, 0.4) is 0 Å². The molecule has 23 heavy (non-hydrogen) atoms. The van der Waals surface area contributed by atoms with Crippen molar-refractivity contribution >= 4 is 29.7 Å². The normalized spacial score (nSPS) is 14.0. The number of benzene rings is 1. The van der Waals surface area contributed by atoms with Crippen molar-refractivity contribution in [1.29, 1.82) is 0 Å². The highest BCUT2D eigenvalue weighted by molar-refractivity contribution is 7.98. The van der Waals surface area contributed by atoms with Crippen LogP contribution in [0.2, 0.25) is 0 Å². The number of carbonyl (C=O) groups is 3. The zero-order valence-corrected chi connectivity index (χ0v) is 14.5. The van der Waals surface area contributed by atoms with E-state index in [4.69, 9.17) is 4.74 Å². The molecule has 0 bridgehead atoms. The maximum absolute atomic E-state index is 12.5. The summed E-state index contributed by atoms with van der Waals surface area (Å²) >= 11 is 1.51. The van der Waals surface area contributed by atoms with Crippen LogP contribution in [0, 0.1) is 0 Å². The van der Waals surface area contributed by atoms with Crippen molar-refractivity contribution in [2.45, 2.75) is 26.4 Å². The zero-order chi connectivity index (χ0) is 17.2. The highest BCUT2D eigenvalue weighted by Gasteiger charge is 2.42. The molecule has 1 aliphatic rings. The first-order valence-corrected chi connectivity index (χ1v) is 8.63. The van der Waals surface area contributed by atoms with Crippen molar-refractivity contribution in [2.24, 2.45) is 0 Å². The Morgan fingerprint density at radius 1 is 1.17 bits per heavy atom. The SMILES string of the molecule is CSCCN(C(=O)OC(C)(C)C)N1C(=O)c2ccccc2C1=O. The predicted octanol–water partition coefficient (Wildman–Crippen LogP) is 2.80. The molecule has 0 unspecified atom stereocenters. The number of nitrogens with zero attached hydrogens (tertiary/aromatic N) is 2. The van der Waals surface area contributed by atoms with Crippen LogP contribution >= 0.6 is 11.8 Å². The molecule has 0 radical (unpaired) electrons. The molecule has 0 saturated carbocycles. The van der Waals surface area contributed by atoms with E-state index in [1.54, 1.807) is 45.0 Å². The third-order valence-corrected chi connectivity index (χ3v) is 3.72. The van der Waals surface area contributed by atoms with Crippen LogP contribution in [0.15, 0.2) is 24.3 Å². The molecule has 0 aromatic heterocycles. The topological polar surface area (TPSA) is 66.9 Å². The highest BCUT2D eigenvalue weighted by Crippen LogP contribution is 2.25. The van der Waals surface area contributed by atoms with Crippen LogP contribution in [0.5, 0.6) is 0 Å². The first-order chi connectivity index (χ1) is 10.8. The van der Waals surface area contributed by atoms with Gasteiger partial charge in [-0.2, -0.15) is 16.8 Å². The lowest BCUT2D eigenvalue weighted by molar-refractivity contribution is -0.0264. The number of imide groups is 1. The lowest BCUT2D eigenvalue weighted by Crippen LogP contribution is -2.52. The minimum absolute atomic E-state index is 0.210. The van der Waals surface area contributed by atoms with E-state index in [9.17, 15) is 14.4 Å². The van der Waals surface area contributed by atoms with E-state index < -0.39 is 23.5 Å². The van der Waals surface area contributed by atoms with Gasteiger partial charge in [-0.3, -0.25) is 9.59 Å². The number of thioether (sulfide) groups is 1. The fraction of sp³-hybridized carbons (Fsp3) is 0.438. The Bertz CT molecular complexity index is 604. The molecule has 2 rings (SSSR count). The number of rotatable bonds is 4. The van der Waals surface area contributed by atoms with Crippen LogP contribution in [-0.4, -0.2) is 52.1 Å². The van der Waals surface area contributed by atoms with Gasteiger partial charge in [-0.25, -0.2) is 9.80 Å². The maximum Gasteiger partial charge on any atom is 0.429 e. The Kier molecular flexibility index (Phi) is 4.99. The quantitative estimate of drug-likeness (QED) is 0.791. The number of carbonyl (C=O) groups excluding carboxylic acids is 3. The second-order valence-electron chi connectivity index (χ2n) is 6.06. The van der Waals surface area contributed by atoms with Gasteiger partial charge in [0.25, 0.3) is 11.8 Å². The molecule has 1 aromatic rings. The summed E-state index contributed by atoms with van der Waals surface area (Å²) in [5.41, 5.74) is -0.113. The molecule has 0 N–H and O–H groups in total. The average molecular weight is 336 g/mol. The Morgan fingerprint density at radius 3 is 2.13 bits per heavy atom. The Hall–Kier alpha value is -2.02. The van der Waals surface area contributed by atoms with Gasteiger partial charge < -0.3 is 4.74 Å². The van der Waals surface area contributed by atoms with Gasteiger partial charge in [-0.15, -0.1) is 0 Å². The van der Waals surface area contributed by atoms with Gasteiger partial charge in [0, 0.05) is 5.75 Å². The molecule has 124 valence electrons. The third kappa shape index (κ3) is 3.67. The van der Waals surface area contributed by atoms with E-state index in [0.29, 0.717) is 16.9 Å². The molecule has 1 aromatic carbocycles. The minimum atomic E-state index is -0.715. The summed E-state index contributed by atoms with van der Waals surface area (Å²) in [5.74, 6) is -0.428. The minimum Gasteiger partial charge on any atom is -0.442 e. The van der Waals surface area contributed by atoms with E-state index in [1.807, 2.05) is 6.26 Å². The first kappa shape index (κ1) is 17.3. The summed E-state index contributed by atoms with van der Waals surface area (Å²) in [6.07, 6.45) is 1.18. The van der Waals surface area contributed by atoms with Crippen LogP contribution in [-0.2, 0) is 4.74 Å². The average Bonchev–Trinajstić information content (AvgIpc) is 2.71. The summed E-state index contributed by atoms with van der Waals surface area (Å²) in [6.45, 7) is 5.42. The van der Waals surface area contributed by atoms with Crippen molar-refractivity contribution in [3.8, 4) is 0 Å². The van der Waals surface area contributed by atoms with E-state index in [-0.39, 0.29) is 6.54 Å². The lowest BCUT2D eigenvalue weighted by atomic mass is 10.1. The van der Waals surface area contributed by atoms with Gasteiger partial charge in [-0.05, 0) is 39.2 Å². The Labute approximate surface area is 139 Å². The Balaban J connectivity index is 2.32. The molecular formula is C16H20N2O4S. The smallest absolute Gasteiger partial charge is 0.429 e. The summed E-state index contributed by atoms with van der Waals surface area (Å²) in [4.78, 5) is 37.5. The molecule has 1 heterocycles. The molecule has 3 amide bonds. The molecule has 0 spiro atoms. The number of amides is 3. The third-order valence-electron chi connectivity index (χ3n) is 3.13. The van der Waals surface area contributed by atoms with Crippen LogP contribution < -0.4 is 0 Å². The van der Waals surface area contributed by atoms with Gasteiger partial charge >= 0.3 is 6.09 Å². The summed E-state index contributed by atoms with van der Waals surface area (Å²) in [7, 11) is 0. The van der Waals surface area contributed by atoms with Gasteiger partial charge in [-0.1, -0.05) is 12.1 Å². The van der Waals surface area contributed by atoms with Crippen molar-refractivity contribution in [2.75, 3.05) is 18.6 Å². The lowest BCUT2D eigenvalue weighted by Gasteiger charge is -2.31. The van der Waals surface area contributed by atoms with Crippen LogP contribution in [0.1, 0.15) is 41.5 Å². The number of hydrogen-bond donors (Lipinski definition) is 0. The molecule has 6 nitrogen and oxygen atoms in total. The number of hydrazine groups is 1. The molecular weight excluding hydrogens is 316 g/mol. The number of fused-ring (bicyclic) bond motifs is 1. The highest BCUT2D eigenvalue weighted by atomic mass is 32.2. The van der Waals surface area contributed by atoms with Gasteiger partial charge in [0.2, 0.25) is 0 Å². The largest absolute Gasteiger partial charge is 0.442 e. The summed E-state index contributed by atoms with van der Waals surface area (Å²) < 4.78 is 5.34. The summed E-state index contributed by atoms with van der Waals surface area (Å²) in [6, 6.07) is 6.54. The van der Waals surface area contributed by atoms with E-state index in [1.165, 1.54) is 11.8 Å². The van der Waals surface area contributed by atoms with Gasteiger partial charge in [0.05, 0.1) is 17.7 Å². The van der Waals surface area contributed by atoms with Crippen LogP contribution in [0.4, 0.5) is 4.79 Å². The van der Waals surface area contributed by atoms with E-state index >= 15 is 0 Å². The molecule has 0 saturated heterocycles. The predicted molar refractivity (Wildman–Crippen MR) is 88.3 cm³/mol. The molecule has 0 fully saturated rings. The van der Waals surface area contributed by atoms with Crippen molar-refractivity contribution < 1.29 is 19.1 Å². The number of ether oxygens (including phenoxy) is 1. The van der Waals surface area contributed by atoms with Crippen molar-refractivity contribution in [1.82, 2.24) is 10.0 Å². The van der Waals surface area contributed by atoms with Crippen molar-refractivity contribution in [3.05, 3.63) is 35.4 Å². The fourth-order valence-corrected chi connectivity index (χ4v) is 2.52. The zero-order valence-electron chi connectivity index (χ0n) is 13.7. The second kappa shape index (κ2) is 6.62. The van der Waals surface area contributed by atoms with E-state index in [2.05, 4.69) is 0 Å². The standard InChI is InChI=1S/C16H20N2O4S/c1-16(2,3)22-15(21)17(9-10-23-4)18-13(19)11-7-5-6-8-12(11)14(18)20/h5-8H,9-10H2,1-4H3. The molecule has 1 aliphatic heterocycles. The maximum atomic E-state index is 12.5. The molecule has 0 atom stereocenters. The first-order valence-electron chi connectivity index (χ1n) is 7.23. The van der Waals surface area contributed by atoms with Crippen LogP contribution in [0.25, 0.3) is 0 Å². The van der Waals surface area contributed by atoms with Gasteiger partial charge in [0.1, 0.15) is 5.60 Å². The van der Waals surface area contributed by atoms with E-state index in [0.717, 1.165) is 10.0 Å². The monoisotopic (exact) mass is 336 g/mol. The fourth-order valence-electron chi connectivity index (χ4n) is 2.16. The number of hydrogen-bond acceptors (Lipinski definition) is 5. The Morgan fingerprint density at radius 2 is 1.70 bits per heavy atom.